The third-order valence-electron chi connectivity index (χ3n) is 6.88. The molecule has 0 radical (unpaired) electrons. The smallest absolute Gasteiger partial charge is 0.280 e. The van der Waals surface area contributed by atoms with Crippen molar-refractivity contribution in [3.05, 3.63) is 101 Å². The Kier molecular flexibility index (Phi) is 6.25. The molecule has 0 fully saturated rings. The lowest BCUT2D eigenvalue weighted by atomic mass is 10.1. The van der Waals surface area contributed by atoms with Crippen LogP contribution < -0.4 is 10.9 Å². The van der Waals surface area contributed by atoms with E-state index in [2.05, 4.69) is 17.2 Å². The molecule has 6 aromatic rings. The van der Waals surface area contributed by atoms with Gasteiger partial charge in [-0.3, -0.25) is 14.2 Å². The van der Waals surface area contributed by atoms with Crippen molar-refractivity contribution in [2.24, 2.45) is 0 Å². The van der Waals surface area contributed by atoms with E-state index in [4.69, 9.17) is 9.40 Å². The number of hydrogen-bond donors (Lipinski definition) is 2. The van der Waals surface area contributed by atoms with E-state index in [1.807, 2.05) is 84.9 Å². The maximum Gasteiger partial charge on any atom is 0.280 e. The summed E-state index contributed by atoms with van der Waals surface area (Å²) in [6.45, 7) is 2.64. The van der Waals surface area contributed by atoms with E-state index >= 15 is 0 Å². The number of nitrogens with zero attached hydrogens (tertiary/aromatic N) is 2. The minimum atomic E-state index is -1.01. The molecule has 0 saturated heterocycles. The zero-order valence-electron chi connectivity index (χ0n) is 21.1. The van der Waals surface area contributed by atoms with Gasteiger partial charge < -0.3 is 14.7 Å². The van der Waals surface area contributed by atoms with Gasteiger partial charge in [-0.1, -0.05) is 68.3 Å². The lowest BCUT2D eigenvalue weighted by Crippen LogP contribution is -2.39. The number of nitrogens with one attached hydrogen (secondary N) is 2. The van der Waals surface area contributed by atoms with Crippen molar-refractivity contribution in [1.82, 2.24) is 19.9 Å². The lowest BCUT2D eigenvalue weighted by molar-refractivity contribution is -0.123. The second-order valence-electron chi connectivity index (χ2n) is 9.48. The second kappa shape index (κ2) is 10.0. The van der Waals surface area contributed by atoms with Crippen molar-refractivity contribution in [1.29, 1.82) is 0 Å². The molecule has 7 heteroatoms. The summed E-state index contributed by atoms with van der Waals surface area (Å²) in [5.41, 5.74) is 3.22. The molecule has 3 aromatic carbocycles. The van der Waals surface area contributed by atoms with Crippen LogP contribution in [0.5, 0.6) is 0 Å². The van der Waals surface area contributed by atoms with E-state index in [1.54, 1.807) is 0 Å². The normalized spacial score (nSPS) is 12.3. The highest BCUT2D eigenvalue weighted by molar-refractivity contribution is 5.89. The molecule has 1 atom stereocenters. The number of aromatic nitrogens is 3. The van der Waals surface area contributed by atoms with E-state index in [1.165, 1.54) is 4.57 Å². The molecule has 2 N–H and O–H groups in total. The molecular weight excluding hydrogens is 476 g/mol. The van der Waals surface area contributed by atoms with Crippen LogP contribution in [0.3, 0.4) is 0 Å². The van der Waals surface area contributed by atoms with E-state index in [0.717, 1.165) is 35.6 Å². The van der Waals surface area contributed by atoms with Crippen LogP contribution in [-0.4, -0.2) is 27.0 Å². The largest absolute Gasteiger partial charge is 0.458 e. The molecule has 190 valence electrons. The fourth-order valence-corrected chi connectivity index (χ4v) is 4.98. The Balaban J connectivity index is 1.57. The number of amides is 1. The molecule has 0 aliphatic carbocycles. The zero-order chi connectivity index (χ0) is 26.1. The number of hydrogen-bond acceptors (Lipinski definition) is 4. The summed E-state index contributed by atoms with van der Waals surface area (Å²) in [7, 11) is 0. The average Bonchev–Trinajstić information content (AvgIpc) is 3.56. The van der Waals surface area contributed by atoms with Crippen LogP contribution in [0.4, 0.5) is 0 Å². The number of carbonyl (C=O) groups is 1. The van der Waals surface area contributed by atoms with Gasteiger partial charge in [-0.25, -0.2) is 4.98 Å². The number of H-pyrrole nitrogens is 1. The fourth-order valence-electron chi connectivity index (χ4n) is 4.98. The first-order valence-electron chi connectivity index (χ1n) is 13.0. The Hall–Kier alpha value is -4.65. The first-order chi connectivity index (χ1) is 18.6. The number of aromatic amines is 1. The highest BCUT2D eigenvalue weighted by Crippen LogP contribution is 2.30. The molecule has 7 nitrogen and oxygen atoms in total. The highest BCUT2D eigenvalue weighted by atomic mass is 16.3. The van der Waals surface area contributed by atoms with Crippen LogP contribution in [0.25, 0.3) is 44.3 Å². The molecule has 3 heterocycles. The van der Waals surface area contributed by atoms with Gasteiger partial charge in [0, 0.05) is 22.8 Å². The van der Waals surface area contributed by atoms with Crippen molar-refractivity contribution in [3.63, 3.8) is 0 Å². The van der Waals surface area contributed by atoms with Gasteiger partial charge in [0.1, 0.15) is 11.3 Å². The topological polar surface area (TPSA) is 92.9 Å². The minimum absolute atomic E-state index is 0.250. The SMILES string of the molecule is CCCCCNC(=O)C(c1cc2ccccc2o1)n1c(=O)c(-c2cc3ccccc3[nH]2)nc2ccccc21. The summed E-state index contributed by atoms with van der Waals surface area (Å²) in [5, 5.41) is 4.89. The van der Waals surface area contributed by atoms with Crippen molar-refractivity contribution in [3.8, 4) is 11.4 Å². The quantitative estimate of drug-likeness (QED) is 0.242. The maximum atomic E-state index is 14.2. The average molecular weight is 505 g/mol. The van der Waals surface area contributed by atoms with Gasteiger partial charge in [-0.05, 0) is 42.8 Å². The molecule has 0 aliphatic heterocycles. The molecule has 6 rings (SSSR count). The van der Waals surface area contributed by atoms with Crippen LogP contribution in [0.15, 0.2) is 94.1 Å². The summed E-state index contributed by atoms with van der Waals surface area (Å²) in [6, 6.07) is 25.6. The van der Waals surface area contributed by atoms with Crippen molar-refractivity contribution in [2.45, 2.75) is 32.2 Å². The fraction of sp³-hybridized carbons (Fsp3) is 0.194. The summed E-state index contributed by atoms with van der Waals surface area (Å²) < 4.78 is 7.71. The molecule has 1 amide bonds. The van der Waals surface area contributed by atoms with Crippen molar-refractivity contribution >= 4 is 38.8 Å². The molecular formula is C31H28N4O3. The van der Waals surface area contributed by atoms with Gasteiger partial charge in [-0.15, -0.1) is 0 Å². The predicted octanol–water partition coefficient (Wildman–Crippen LogP) is 6.19. The number of furan rings is 1. The summed E-state index contributed by atoms with van der Waals surface area (Å²) in [4.78, 5) is 36.1. The molecule has 0 spiro atoms. The van der Waals surface area contributed by atoms with Gasteiger partial charge in [0.2, 0.25) is 0 Å². The third-order valence-corrected chi connectivity index (χ3v) is 6.88. The molecule has 38 heavy (non-hydrogen) atoms. The summed E-state index contributed by atoms with van der Waals surface area (Å²) in [6.07, 6.45) is 2.92. The van der Waals surface area contributed by atoms with Crippen LogP contribution in [0, 0.1) is 0 Å². The van der Waals surface area contributed by atoms with Gasteiger partial charge in [0.15, 0.2) is 11.7 Å². The Morgan fingerprint density at radius 3 is 2.55 bits per heavy atom. The highest BCUT2D eigenvalue weighted by Gasteiger charge is 2.30. The zero-order valence-corrected chi connectivity index (χ0v) is 21.1. The Morgan fingerprint density at radius 1 is 0.974 bits per heavy atom. The molecule has 0 aliphatic rings. The van der Waals surface area contributed by atoms with Crippen molar-refractivity contribution in [2.75, 3.05) is 6.54 Å². The standard InChI is InChI=1S/C31H28N4O3/c1-2-3-10-17-32-30(36)29(27-19-21-12-5-9-16-26(21)38-27)35-25-15-8-7-14-23(25)34-28(31(35)37)24-18-20-11-4-6-13-22(20)33-24/h4-9,11-16,18-19,29,33H,2-3,10,17H2,1H3,(H,32,36). The van der Waals surface area contributed by atoms with Crippen LogP contribution >= 0.6 is 0 Å². The first-order valence-corrected chi connectivity index (χ1v) is 13.0. The Bertz CT molecular complexity index is 1760. The number of unbranched alkanes of at least 4 members (excludes halogenated alkanes) is 2. The lowest BCUT2D eigenvalue weighted by Gasteiger charge is -2.20. The molecule has 1 unspecified atom stereocenters. The Morgan fingerprint density at radius 2 is 1.74 bits per heavy atom. The minimum Gasteiger partial charge on any atom is -0.458 e. The second-order valence-corrected chi connectivity index (χ2v) is 9.48. The predicted molar refractivity (Wildman–Crippen MR) is 150 cm³/mol. The van der Waals surface area contributed by atoms with Crippen LogP contribution in [-0.2, 0) is 4.79 Å². The van der Waals surface area contributed by atoms with E-state index < -0.39 is 6.04 Å². The van der Waals surface area contributed by atoms with Crippen molar-refractivity contribution < 1.29 is 9.21 Å². The van der Waals surface area contributed by atoms with Gasteiger partial charge in [0.25, 0.3) is 11.5 Å². The van der Waals surface area contributed by atoms with Crippen LogP contribution in [0.1, 0.15) is 38.0 Å². The summed E-state index contributed by atoms with van der Waals surface area (Å²) >= 11 is 0. The third kappa shape index (κ3) is 4.26. The van der Waals surface area contributed by atoms with Gasteiger partial charge in [-0.2, -0.15) is 0 Å². The van der Waals surface area contributed by atoms with Gasteiger partial charge >= 0.3 is 0 Å². The van der Waals surface area contributed by atoms with E-state index in [-0.39, 0.29) is 17.2 Å². The molecule has 0 bridgehead atoms. The van der Waals surface area contributed by atoms with E-state index in [0.29, 0.717) is 34.6 Å². The summed E-state index contributed by atoms with van der Waals surface area (Å²) in [5.74, 6) is 0.112. The maximum absolute atomic E-state index is 14.2. The molecule has 3 aromatic heterocycles. The molecule has 0 saturated carbocycles. The number of carbonyl (C=O) groups excluding carboxylic acids is 1. The first kappa shape index (κ1) is 23.7. The number of benzene rings is 3. The van der Waals surface area contributed by atoms with E-state index in [9.17, 15) is 9.59 Å². The van der Waals surface area contributed by atoms with Crippen LogP contribution in [0.2, 0.25) is 0 Å². The van der Waals surface area contributed by atoms with Gasteiger partial charge in [0.05, 0.1) is 16.7 Å². The number of fused-ring (bicyclic) bond motifs is 3. The Labute approximate surface area is 219 Å². The monoisotopic (exact) mass is 504 g/mol. The number of para-hydroxylation sites is 4. The number of rotatable bonds is 8.